The molecule has 1 aliphatic rings. The predicted octanol–water partition coefficient (Wildman–Crippen LogP) is 7.12. The standard InChI is InChI=1S/C28H27BrClN3O4S/c1-4-32(5-2)24(34)16-33-15-17(21-14-18(29)7-12-22(21)33)13-23-26(35)25(28(36)37-6-3)27(38-23)31-20-10-8-19(30)9-11-20/h7-15,35H,4-6,16H2,1-3H3/b23-13-,31-27?. The molecule has 0 spiro atoms. The van der Waals surface area contributed by atoms with Gasteiger partial charge in [0.1, 0.15) is 22.9 Å². The Morgan fingerprint density at radius 1 is 1.16 bits per heavy atom. The van der Waals surface area contributed by atoms with E-state index in [0.717, 1.165) is 20.9 Å². The second-order valence-electron chi connectivity index (χ2n) is 8.39. The van der Waals surface area contributed by atoms with Gasteiger partial charge >= 0.3 is 5.97 Å². The van der Waals surface area contributed by atoms with Crippen LogP contribution in [0.15, 0.2) is 74.4 Å². The summed E-state index contributed by atoms with van der Waals surface area (Å²) in [5.41, 5.74) is 2.27. The zero-order valence-electron chi connectivity index (χ0n) is 21.2. The fourth-order valence-corrected chi connectivity index (χ4v) is 5.64. The summed E-state index contributed by atoms with van der Waals surface area (Å²) in [6.07, 6.45) is 3.69. The fourth-order valence-electron chi connectivity index (χ4n) is 4.13. The fraction of sp³-hybridized carbons (Fsp3) is 0.250. The Hall–Kier alpha value is -3.01. The van der Waals surface area contributed by atoms with E-state index >= 15 is 0 Å². The van der Waals surface area contributed by atoms with Crippen molar-refractivity contribution < 1.29 is 19.4 Å². The predicted molar refractivity (Wildman–Crippen MR) is 158 cm³/mol. The van der Waals surface area contributed by atoms with Gasteiger partial charge in [0.25, 0.3) is 0 Å². The highest BCUT2D eigenvalue weighted by atomic mass is 79.9. The Labute approximate surface area is 238 Å². The number of aliphatic hydroxyl groups is 1. The van der Waals surface area contributed by atoms with E-state index in [1.807, 2.05) is 42.8 Å². The third kappa shape index (κ3) is 6.00. The van der Waals surface area contributed by atoms with Gasteiger partial charge < -0.3 is 19.3 Å². The first-order valence-electron chi connectivity index (χ1n) is 12.2. The molecule has 0 saturated carbocycles. The van der Waals surface area contributed by atoms with Gasteiger partial charge in [-0.15, -0.1) is 0 Å². The summed E-state index contributed by atoms with van der Waals surface area (Å²) >= 11 is 10.7. The molecule has 198 valence electrons. The Kier molecular flexibility index (Phi) is 9.02. The van der Waals surface area contributed by atoms with Crippen molar-refractivity contribution in [3.8, 4) is 0 Å². The van der Waals surface area contributed by atoms with E-state index in [1.54, 1.807) is 42.2 Å². The van der Waals surface area contributed by atoms with E-state index in [0.29, 0.717) is 33.7 Å². The Balaban J connectivity index is 1.79. The zero-order chi connectivity index (χ0) is 27.4. The lowest BCUT2D eigenvalue weighted by Gasteiger charge is -2.19. The van der Waals surface area contributed by atoms with E-state index < -0.39 is 5.97 Å². The molecule has 0 atom stereocenters. The number of halogens is 2. The van der Waals surface area contributed by atoms with Crippen LogP contribution in [0.4, 0.5) is 5.69 Å². The number of hydrogen-bond donors (Lipinski definition) is 1. The van der Waals surface area contributed by atoms with E-state index in [4.69, 9.17) is 16.3 Å². The number of aliphatic imine (C=N–C) groups is 1. The number of fused-ring (bicyclic) bond motifs is 1. The zero-order valence-corrected chi connectivity index (χ0v) is 24.4. The molecule has 3 aromatic rings. The van der Waals surface area contributed by atoms with Crippen molar-refractivity contribution in [2.45, 2.75) is 27.3 Å². The first kappa shape index (κ1) is 28.0. The number of nitrogens with zero attached hydrogens (tertiary/aromatic N) is 3. The van der Waals surface area contributed by atoms with Crippen LogP contribution in [0.3, 0.4) is 0 Å². The molecular weight excluding hydrogens is 590 g/mol. The molecule has 0 unspecified atom stereocenters. The van der Waals surface area contributed by atoms with Crippen molar-refractivity contribution >= 4 is 78.9 Å². The molecule has 2 heterocycles. The van der Waals surface area contributed by atoms with Crippen molar-refractivity contribution in [3.63, 3.8) is 0 Å². The lowest BCUT2D eigenvalue weighted by Crippen LogP contribution is -2.33. The molecule has 4 rings (SSSR count). The van der Waals surface area contributed by atoms with Crippen LogP contribution in [-0.2, 0) is 20.9 Å². The van der Waals surface area contributed by atoms with E-state index in [2.05, 4.69) is 20.9 Å². The highest BCUT2D eigenvalue weighted by Gasteiger charge is 2.33. The van der Waals surface area contributed by atoms with Gasteiger partial charge in [-0.1, -0.05) is 39.3 Å². The maximum atomic E-state index is 12.9. The van der Waals surface area contributed by atoms with Gasteiger partial charge in [-0.3, -0.25) is 4.79 Å². The van der Waals surface area contributed by atoms with Crippen LogP contribution in [0.5, 0.6) is 0 Å². The summed E-state index contributed by atoms with van der Waals surface area (Å²) in [5.74, 6) is -0.825. The molecule has 7 nitrogen and oxygen atoms in total. The second-order valence-corrected chi connectivity index (χ2v) is 10.8. The summed E-state index contributed by atoms with van der Waals surface area (Å²) in [4.78, 5) is 32.5. The average molecular weight is 617 g/mol. The third-order valence-corrected chi connectivity index (χ3v) is 7.77. The third-order valence-electron chi connectivity index (χ3n) is 6.01. The molecule has 1 N–H and O–H groups in total. The highest BCUT2D eigenvalue weighted by Crippen LogP contribution is 2.41. The summed E-state index contributed by atoms with van der Waals surface area (Å²) in [5, 5.41) is 12.9. The maximum absolute atomic E-state index is 12.9. The van der Waals surface area contributed by atoms with Crippen LogP contribution in [0.2, 0.25) is 5.02 Å². The number of hydrogen-bond acceptors (Lipinski definition) is 6. The number of amides is 1. The van der Waals surface area contributed by atoms with Gasteiger partial charge in [0.2, 0.25) is 5.91 Å². The number of benzene rings is 2. The van der Waals surface area contributed by atoms with Gasteiger partial charge in [0, 0.05) is 45.2 Å². The van der Waals surface area contributed by atoms with Crippen molar-refractivity contribution in [3.05, 3.63) is 80.0 Å². The van der Waals surface area contributed by atoms with Gasteiger partial charge in [0.15, 0.2) is 0 Å². The Morgan fingerprint density at radius 2 is 1.87 bits per heavy atom. The number of likely N-dealkylation sites (N-methyl/N-ethyl adjacent to an activating group) is 1. The van der Waals surface area contributed by atoms with Gasteiger partial charge in [-0.25, -0.2) is 9.79 Å². The quantitative estimate of drug-likeness (QED) is 0.273. The first-order valence-corrected chi connectivity index (χ1v) is 14.1. The number of thioether (sulfide) groups is 1. The van der Waals surface area contributed by atoms with Crippen molar-refractivity contribution in [2.24, 2.45) is 4.99 Å². The topological polar surface area (TPSA) is 84.1 Å². The SMILES string of the molecule is CCOC(=O)C1=C(O)/C(=C/c2cn(CC(=O)N(CC)CC)c3ccc(Br)cc23)SC1=Nc1ccc(Cl)cc1. The van der Waals surface area contributed by atoms with Gasteiger partial charge in [0.05, 0.1) is 17.2 Å². The molecule has 1 aliphatic heterocycles. The average Bonchev–Trinajstić information content (AvgIpc) is 3.37. The van der Waals surface area contributed by atoms with E-state index in [-0.39, 0.29) is 30.4 Å². The molecule has 0 saturated heterocycles. The summed E-state index contributed by atoms with van der Waals surface area (Å²) < 4.78 is 8.00. The Bertz CT molecular complexity index is 1470. The highest BCUT2D eigenvalue weighted by molar-refractivity contribution is 9.10. The molecule has 1 aromatic heterocycles. The smallest absolute Gasteiger partial charge is 0.344 e. The molecule has 0 bridgehead atoms. The van der Waals surface area contributed by atoms with Crippen LogP contribution in [0.1, 0.15) is 26.3 Å². The molecule has 0 aliphatic carbocycles. The number of esters is 1. The monoisotopic (exact) mass is 615 g/mol. The number of ether oxygens (including phenoxy) is 1. The number of aromatic nitrogens is 1. The van der Waals surface area contributed by atoms with Crippen LogP contribution in [0, 0.1) is 0 Å². The maximum Gasteiger partial charge on any atom is 0.344 e. The molecule has 38 heavy (non-hydrogen) atoms. The number of carbonyl (C=O) groups is 2. The Morgan fingerprint density at radius 3 is 2.53 bits per heavy atom. The largest absolute Gasteiger partial charge is 0.506 e. The minimum absolute atomic E-state index is 0.0136. The number of rotatable bonds is 8. The molecule has 0 fully saturated rings. The minimum atomic E-state index is -0.649. The second kappa shape index (κ2) is 12.2. The van der Waals surface area contributed by atoms with Crippen molar-refractivity contribution in [1.29, 1.82) is 0 Å². The molecular formula is C28H27BrClN3O4S. The minimum Gasteiger partial charge on any atom is -0.506 e. The number of aliphatic hydroxyl groups excluding tert-OH is 1. The van der Waals surface area contributed by atoms with Crippen molar-refractivity contribution in [2.75, 3.05) is 19.7 Å². The summed E-state index contributed by atoms with van der Waals surface area (Å²) in [6.45, 7) is 7.25. The molecule has 10 heteroatoms. The van der Waals surface area contributed by atoms with Crippen LogP contribution < -0.4 is 0 Å². The van der Waals surface area contributed by atoms with E-state index in [1.165, 1.54) is 11.8 Å². The normalized spacial score (nSPS) is 15.6. The molecule has 2 aromatic carbocycles. The van der Waals surface area contributed by atoms with Crippen LogP contribution in [0.25, 0.3) is 17.0 Å². The van der Waals surface area contributed by atoms with Crippen LogP contribution in [-0.4, -0.2) is 51.2 Å². The van der Waals surface area contributed by atoms with Crippen molar-refractivity contribution in [1.82, 2.24) is 9.47 Å². The van der Waals surface area contributed by atoms with Gasteiger partial charge in [-0.05, 0) is 69.3 Å². The summed E-state index contributed by atoms with van der Waals surface area (Å²) in [7, 11) is 0. The van der Waals surface area contributed by atoms with Gasteiger partial charge in [-0.2, -0.15) is 0 Å². The molecule has 0 radical (unpaired) electrons. The molecule has 1 amide bonds. The lowest BCUT2D eigenvalue weighted by molar-refractivity contribution is -0.138. The van der Waals surface area contributed by atoms with Crippen LogP contribution >= 0.6 is 39.3 Å². The lowest BCUT2D eigenvalue weighted by atomic mass is 10.1. The first-order chi connectivity index (χ1) is 18.2. The van der Waals surface area contributed by atoms with E-state index in [9.17, 15) is 14.7 Å². The number of carbonyl (C=O) groups excluding carboxylic acids is 2. The summed E-state index contributed by atoms with van der Waals surface area (Å²) in [6, 6.07) is 12.7.